The van der Waals surface area contributed by atoms with Crippen LogP contribution in [-0.2, 0) is 17.8 Å². The second-order valence-corrected chi connectivity index (χ2v) is 7.38. The summed E-state index contributed by atoms with van der Waals surface area (Å²) in [4.78, 5) is 25.6. The zero-order valence-corrected chi connectivity index (χ0v) is 18.1. The molecule has 0 aromatic heterocycles. The van der Waals surface area contributed by atoms with Crippen molar-refractivity contribution in [1.82, 2.24) is 10.6 Å². The van der Waals surface area contributed by atoms with Gasteiger partial charge in [0, 0.05) is 6.54 Å². The molecule has 3 rings (SSSR count). The predicted octanol–water partition coefficient (Wildman–Crippen LogP) is 3.29. The highest BCUT2D eigenvalue weighted by Crippen LogP contribution is 2.25. The summed E-state index contributed by atoms with van der Waals surface area (Å²) in [5.41, 5.74) is 1.99. The number of hydrogen-bond donors (Lipinski definition) is 3. The zero-order chi connectivity index (χ0) is 21.0. The number of fused-ring (bicyclic) bond motifs is 1. The van der Waals surface area contributed by atoms with Crippen molar-refractivity contribution in [1.29, 1.82) is 0 Å². The average molecular weight is 436 g/mol. The highest BCUT2D eigenvalue weighted by Gasteiger charge is 2.27. The lowest BCUT2D eigenvalue weighted by molar-refractivity contribution is -0.118. The summed E-state index contributed by atoms with van der Waals surface area (Å²) in [6.07, 6.45) is 0.572. The molecule has 162 valence electrons. The van der Waals surface area contributed by atoms with Crippen LogP contribution in [0.5, 0.6) is 5.75 Å². The van der Waals surface area contributed by atoms with Crippen molar-refractivity contribution in [2.45, 2.75) is 32.9 Å². The molecule has 1 aliphatic rings. The minimum absolute atomic E-state index is 0. The summed E-state index contributed by atoms with van der Waals surface area (Å²) >= 11 is 0. The highest BCUT2D eigenvalue weighted by atomic mass is 35.5. The SMILES string of the molecule is COc1ccccc1C(=O)NC(C(=O)Nc1ccc2c(c1F)CCNC2)C(C)C.Cl. The van der Waals surface area contributed by atoms with Gasteiger partial charge in [0.15, 0.2) is 0 Å². The number of hydrogen-bond acceptors (Lipinski definition) is 4. The van der Waals surface area contributed by atoms with Crippen molar-refractivity contribution in [3.8, 4) is 5.75 Å². The Morgan fingerprint density at radius 3 is 2.60 bits per heavy atom. The second-order valence-electron chi connectivity index (χ2n) is 7.38. The largest absolute Gasteiger partial charge is 0.496 e. The van der Waals surface area contributed by atoms with E-state index in [4.69, 9.17) is 4.74 Å². The number of halogens is 2. The first kappa shape index (κ1) is 23.6. The van der Waals surface area contributed by atoms with Crippen molar-refractivity contribution in [2.24, 2.45) is 5.92 Å². The number of carbonyl (C=O) groups excluding carboxylic acids is 2. The molecule has 2 aromatic rings. The van der Waals surface area contributed by atoms with E-state index in [1.807, 2.05) is 19.9 Å². The number of anilines is 1. The van der Waals surface area contributed by atoms with Gasteiger partial charge in [0.25, 0.3) is 5.91 Å². The summed E-state index contributed by atoms with van der Waals surface area (Å²) in [6.45, 7) is 4.96. The fraction of sp³-hybridized carbons (Fsp3) is 0.364. The average Bonchev–Trinajstić information content (AvgIpc) is 2.73. The number of carbonyl (C=O) groups is 2. The van der Waals surface area contributed by atoms with Crippen LogP contribution in [0.25, 0.3) is 0 Å². The first-order valence-corrected chi connectivity index (χ1v) is 9.68. The minimum atomic E-state index is -0.829. The van der Waals surface area contributed by atoms with Gasteiger partial charge in [0.2, 0.25) is 5.91 Å². The Morgan fingerprint density at radius 1 is 1.17 bits per heavy atom. The number of amides is 2. The molecule has 0 aliphatic carbocycles. The molecule has 1 aliphatic heterocycles. The van der Waals surface area contributed by atoms with Gasteiger partial charge in [0.1, 0.15) is 17.6 Å². The molecule has 0 saturated carbocycles. The molecule has 8 heteroatoms. The smallest absolute Gasteiger partial charge is 0.255 e. The van der Waals surface area contributed by atoms with Crippen LogP contribution in [0.3, 0.4) is 0 Å². The van der Waals surface area contributed by atoms with Gasteiger partial charge in [-0.25, -0.2) is 4.39 Å². The summed E-state index contributed by atoms with van der Waals surface area (Å²) in [7, 11) is 1.48. The quantitative estimate of drug-likeness (QED) is 0.650. The molecule has 6 nitrogen and oxygen atoms in total. The van der Waals surface area contributed by atoms with Crippen LogP contribution < -0.4 is 20.7 Å². The third-order valence-electron chi connectivity index (χ3n) is 5.05. The van der Waals surface area contributed by atoms with Crippen molar-refractivity contribution < 1.29 is 18.7 Å². The Hall–Kier alpha value is -2.64. The molecule has 1 heterocycles. The van der Waals surface area contributed by atoms with E-state index in [0.29, 0.717) is 36.4 Å². The molecule has 2 amide bonds. The maximum Gasteiger partial charge on any atom is 0.255 e. The number of benzene rings is 2. The molecule has 0 spiro atoms. The Morgan fingerprint density at radius 2 is 1.90 bits per heavy atom. The number of methoxy groups -OCH3 is 1. The normalized spacial score (nSPS) is 13.6. The van der Waals surface area contributed by atoms with Crippen molar-refractivity contribution >= 4 is 29.9 Å². The highest BCUT2D eigenvalue weighted by molar-refractivity contribution is 6.02. The predicted molar refractivity (Wildman–Crippen MR) is 117 cm³/mol. The standard InChI is InChI=1S/C22H26FN3O3.ClH/c1-13(2)20(26-21(27)16-6-4-5-7-18(16)29-3)22(28)25-17-9-8-14-12-24-11-10-15(14)19(17)23;/h4-9,13,20,24H,10-12H2,1-3H3,(H,25,28)(H,26,27);1H. The van der Waals surface area contributed by atoms with Crippen LogP contribution >= 0.6 is 12.4 Å². The Kier molecular flexibility index (Phi) is 8.20. The van der Waals surface area contributed by atoms with Gasteiger partial charge in [0.05, 0.1) is 18.4 Å². The van der Waals surface area contributed by atoms with E-state index < -0.39 is 23.7 Å². The first-order chi connectivity index (χ1) is 13.9. The topological polar surface area (TPSA) is 79.5 Å². The van der Waals surface area contributed by atoms with E-state index >= 15 is 0 Å². The molecule has 30 heavy (non-hydrogen) atoms. The molecule has 0 fully saturated rings. The number of para-hydroxylation sites is 1. The van der Waals surface area contributed by atoms with Crippen LogP contribution in [0.4, 0.5) is 10.1 Å². The Bertz CT molecular complexity index is 920. The molecule has 3 N–H and O–H groups in total. The number of nitrogens with one attached hydrogen (secondary N) is 3. The fourth-order valence-corrected chi connectivity index (χ4v) is 3.43. The van der Waals surface area contributed by atoms with Gasteiger partial charge < -0.3 is 20.7 Å². The van der Waals surface area contributed by atoms with E-state index in [1.165, 1.54) is 7.11 Å². The van der Waals surface area contributed by atoms with Gasteiger partial charge in [-0.2, -0.15) is 0 Å². The molecule has 1 atom stereocenters. The summed E-state index contributed by atoms with van der Waals surface area (Å²) in [5, 5.41) is 8.59. The van der Waals surface area contributed by atoms with Crippen LogP contribution in [0, 0.1) is 11.7 Å². The first-order valence-electron chi connectivity index (χ1n) is 9.68. The van der Waals surface area contributed by atoms with Gasteiger partial charge in [-0.15, -0.1) is 12.4 Å². The zero-order valence-electron chi connectivity index (χ0n) is 17.3. The van der Waals surface area contributed by atoms with Gasteiger partial charge in [-0.05, 0) is 48.2 Å². The lowest BCUT2D eigenvalue weighted by atomic mass is 9.98. The Balaban J connectivity index is 0.00000320. The van der Waals surface area contributed by atoms with Crippen LogP contribution in [0.15, 0.2) is 36.4 Å². The summed E-state index contributed by atoms with van der Waals surface area (Å²) < 4.78 is 20.1. The van der Waals surface area contributed by atoms with Crippen molar-refractivity contribution in [2.75, 3.05) is 19.0 Å². The molecule has 1 unspecified atom stereocenters. The monoisotopic (exact) mass is 435 g/mol. The van der Waals surface area contributed by atoms with Crippen molar-refractivity contribution in [3.63, 3.8) is 0 Å². The number of ether oxygens (including phenoxy) is 1. The molecular formula is C22H27ClFN3O3. The van der Waals surface area contributed by atoms with E-state index in [2.05, 4.69) is 16.0 Å². The molecule has 0 saturated heterocycles. The maximum atomic E-state index is 14.9. The Labute approximate surface area is 182 Å². The minimum Gasteiger partial charge on any atom is -0.496 e. The summed E-state index contributed by atoms with van der Waals surface area (Å²) in [5.74, 6) is -1.07. The van der Waals surface area contributed by atoms with Gasteiger partial charge in [-0.3, -0.25) is 9.59 Å². The molecule has 0 bridgehead atoms. The summed E-state index contributed by atoms with van der Waals surface area (Å²) in [6, 6.07) is 9.34. The molecule has 2 aromatic carbocycles. The maximum absolute atomic E-state index is 14.9. The van der Waals surface area contributed by atoms with Gasteiger partial charge >= 0.3 is 0 Å². The fourth-order valence-electron chi connectivity index (χ4n) is 3.43. The van der Waals surface area contributed by atoms with Crippen LogP contribution in [-0.4, -0.2) is 31.5 Å². The van der Waals surface area contributed by atoms with Crippen LogP contribution in [0.1, 0.15) is 35.3 Å². The van der Waals surface area contributed by atoms with E-state index in [1.54, 1.807) is 30.3 Å². The third kappa shape index (κ3) is 5.09. The lowest BCUT2D eigenvalue weighted by Crippen LogP contribution is -2.47. The van der Waals surface area contributed by atoms with Crippen LogP contribution in [0.2, 0.25) is 0 Å². The third-order valence-corrected chi connectivity index (χ3v) is 5.05. The number of rotatable bonds is 6. The van der Waals surface area contributed by atoms with E-state index in [-0.39, 0.29) is 24.0 Å². The van der Waals surface area contributed by atoms with Crippen molar-refractivity contribution in [3.05, 3.63) is 58.9 Å². The molecular weight excluding hydrogens is 409 g/mol. The van der Waals surface area contributed by atoms with Gasteiger partial charge in [-0.1, -0.05) is 32.0 Å². The second kappa shape index (κ2) is 10.4. The van der Waals surface area contributed by atoms with E-state index in [9.17, 15) is 14.0 Å². The molecule has 0 radical (unpaired) electrons. The lowest BCUT2D eigenvalue weighted by Gasteiger charge is -2.24. The van der Waals surface area contributed by atoms with E-state index in [0.717, 1.165) is 5.56 Å².